The van der Waals surface area contributed by atoms with E-state index in [1.807, 2.05) is 24.3 Å². The molecule has 5 nitrogen and oxygen atoms in total. The van der Waals surface area contributed by atoms with Gasteiger partial charge in [-0.3, -0.25) is 5.43 Å². The summed E-state index contributed by atoms with van der Waals surface area (Å²) in [6, 6.07) is 12.8. The second kappa shape index (κ2) is 5.76. The Kier molecular flexibility index (Phi) is 3.65. The number of benzene rings is 2. The van der Waals surface area contributed by atoms with Crippen molar-refractivity contribution in [2.45, 2.75) is 0 Å². The Bertz CT molecular complexity index is 740. The zero-order valence-electron chi connectivity index (χ0n) is 10.7. The first-order valence-corrected chi connectivity index (χ1v) is 6.87. The molecule has 0 saturated heterocycles. The van der Waals surface area contributed by atoms with Crippen molar-refractivity contribution in [2.24, 2.45) is 0 Å². The van der Waals surface area contributed by atoms with Crippen LogP contribution in [0.15, 0.2) is 48.5 Å². The SMILES string of the molecule is O=C(NNc1nc2ccccc2s1)Oc1ccc(F)cc1. The molecular formula is C14H10FN3O2S. The van der Waals surface area contributed by atoms with Crippen LogP contribution in [0.1, 0.15) is 0 Å². The van der Waals surface area contributed by atoms with Crippen molar-refractivity contribution in [3.63, 3.8) is 0 Å². The monoisotopic (exact) mass is 303 g/mol. The molecular weight excluding hydrogens is 293 g/mol. The van der Waals surface area contributed by atoms with Gasteiger partial charge >= 0.3 is 6.09 Å². The van der Waals surface area contributed by atoms with Gasteiger partial charge in [-0.1, -0.05) is 23.5 Å². The number of aromatic nitrogens is 1. The van der Waals surface area contributed by atoms with Crippen molar-refractivity contribution >= 4 is 32.8 Å². The molecule has 0 bridgehead atoms. The highest BCUT2D eigenvalue weighted by Gasteiger charge is 2.06. The molecule has 106 valence electrons. The van der Waals surface area contributed by atoms with Crippen LogP contribution in [0.3, 0.4) is 0 Å². The number of nitrogens with zero attached hydrogens (tertiary/aromatic N) is 1. The van der Waals surface area contributed by atoms with E-state index in [4.69, 9.17) is 4.74 Å². The lowest BCUT2D eigenvalue weighted by Gasteiger charge is -2.06. The highest BCUT2D eigenvalue weighted by atomic mass is 32.1. The first-order valence-electron chi connectivity index (χ1n) is 6.06. The third kappa shape index (κ3) is 3.26. The van der Waals surface area contributed by atoms with E-state index in [2.05, 4.69) is 15.8 Å². The summed E-state index contributed by atoms with van der Waals surface area (Å²) in [6.07, 6.45) is -0.708. The molecule has 0 radical (unpaired) electrons. The molecule has 0 saturated carbocycles. The number of hydrogen-bond donors (Lipinski definition) is 2. The number of thiazole rings is 1. The van der Waals surface area contributed by atoms with Gasteiger partial charge in [0.25, 0.3) is 0 Å². The van der Waals surface area contributed by atoms with E-state index in [9.17, 15) is 9.18 Å². The lowest BCUT2D eigenvalue weighted by Crippen LogP contribution is -2.31. The first kappa shape index (κ1) is 13.3. The van der Waals surface area contributed by atoms with Crippen molar-refractivity contribution in [1.29, 1.82) is 0 Å². The molecule has 1 amide bonds. The topological polar surface area (TPSA) is 63.2 Å². The van der Waals surface area contributed by atoms with Gasteiger partial charge in [0.2, 0.25) is 5.13 Å². The second-order valence-corrected chi connectivity index (χ2v) is 5.11. The van der Waals surface area contributed by atoms with Gasteiger partial charge in [-0.05, 0) is 36.4 Å². The van der Waals surface area contributed by atoms with Crippen LogP contribution >= 0.6 is 11.3 Å². The van der Waals surface area contributed by atoms with Gasteiger partial charge < -0.3 is 4.74 Å². The predicted octanol–water partition coefficient (Wildman–Crippen LogP) is 3.55. The number of ether oxygens (including phenoxy) is 1. The Hall–Kier alpha value is -2.67. The minimum absolute atomic E-state index is 0.250. The van der Waals surface area contributed by atoms with E-state index in [1.54, 1.807) is 0 Å². The van der Waals surface area contributed by atoms with Gasteiger partial charge in [0.05, 0.1) is 10.2 Å². The van der Waals surface area contributed by atoms with Gasteiger partial charge in [0, 0.05) is 0 Å². The first-order chi connectivity index (χ1) is 10.2. The Morgan fingerprint density at radius 2 is 1.90 bits per heavy atom. The van der Waals surface area contributed by atoms with Crippen molar-refractivity contribution in [3.8, 4) is 5.75 Å². The fourth-order valence-corrected chi connectivity index (χ4v) is 2.48. The van der Waals surface area contributed by atoms with Gasteiger partial charge in [-0.15, -0.1) is 0 Å². The van der Waals surface area contributed by atoms with Crippen LogP contribution in [0.25, 0.3) is 10.2 Å². The maximum Gasteiger partial charge on any atom is 0.431 e. The number of hydrazine groups is 1. The van der Waals surface area contributed by atoms with Gasteiger partial charge in [0.15, 0.2) is 0 Å². The lowest BCUT2D eigenvalue weighted by molar-refractivity contribution is 0.202. The number of halogens is 1. The van der Waals surface area contributed by atoms with E-state index in [0.29, 0.717) is 5.13 Å². The van der Waals surface area contributed by atoms with Crippen LogP contribution in [0, 0.1) is 5.82 Å². The van der Waals surface area contributed by atoms with E-state index in [1.165, 1.54) is 35.6 Å². The number of anilines is 1. The zero-order chi connectivity index (χ0) is 14.7. The molecule has 0 fully saturated rings. The molecule has 0 aliphatic carbocycles. The molecule has 21 heavy (non-hydrogen) atoms. The summed E-state index contributed by atoms with van der Waals surface area (Å²) in [6.45, 7) is 0. The molecule has 0 atom stereocenters. The number of hydrogen-bond acceptors (Lipinski definition) is 5. The molecule has 7 heteroatoms. The smallest absolute Gasteiger partial charge is 0.409 e. The fourth-order valence-electron chi connectivity index (χ4n) is 1.67. The van der Waals surface area contributed by atoms with Gasteiger partial charge in [-0.25, -0.2) is 19.6 Å². The van der Waals surface area contributed by atoms with Crippen molar-refractivity contribution in [3.05, 3.63) is 54.3 Å². The summed E-state index contributed by atoms with van der Waals surface area (Å²) in [5.74, 6) is -0.143. The number of nitrogens with one attached hydrogen (secondary N) is 2. The molecule has 2 N–H and O–H groups in total. The van der Waals surface area contributed by atoms with Crippen LogP contribution in [0.2, 0.25) is 0 Å². The van der Waals surface area contributed by atoms with Gasteiger partial charge in [-0.2, -0.15) is 0 Å². The van der Waals surface area contributed by atoms with Crippen LogP contribution < -0.4 is 15.6 Å². The van der Waals surface area contributed by atoms with Crippen LogP contribution in [-0.4, -0.2) is 11.1 Å². The minimum atomic E-state index is -0.708. The van der Waals surface area contributed by atoms with Crippen LogP contribution in [0.5, 0.6) is 5.75 Å². The normalized spacial score (nSPS) is 10.3. The molecule has 1 aromatic heterocycles. The third-order valence-electron chi connectivity index (χ3n) is 2.59. The van der Waals surface area contributed by atoms with Crippen molar-refractivity contribution in [2.75, 3.05) is 5.43 Å². The van der Waals surface area contributed by atoms with E-state index in [-0.39, 0.29) is 5.75 Å². The third-order valence-corrected chi connectivity index (χ3v) is 3.54. The number of rotatable bonds is 3. The highest BCUT2D eigenvalue weighted by molar-refractivity contribution is 7.22. The number of para-hydroxylation sites is 1. The maximum atomic E-state index is 12.7. The minimum Gasteiger partial charge on any atom is -0.409 e. The number of fused-ring (bicyclic) bond motifs is 1. The molecule has 0 spiro atoms. The van der Waals surface area contributed by atoms with Crippen molar-refractivity contribution in [1.82, 2.24) is 10.4 Å². The summed E-state index contributed by atoms with van der Waals surface area (Å²) in [5.41, 5.74) is 5.89. The zero-order valence-corrected chi connectivity index (χ0v) is 11.5. The molecule has 0 unspecified atom stereocenters. The van der Waals surface area contributed by atoms with Crippen LogP contribution in [0.4, 0.5) is 14.3 Å². The number of carbonyl (C=O) groups excluding carboxylic acids is 1. The van der Waals surface area contributed by atoms with E-state index in [0.717, 1.165) is 10.2 Å². The molecule has 3 aromatic rings. The average Bonchev–Trinajstić information content (AvgIpc) is 2.90. The van der Waals surface area contributed by atoms with Gasteiger partial charge in [0.1, 0.15) is 11.6 Å². The molecule has 2 aromatic carbocycles. The number of carbonyl (C=O) groups is 1. The Morgan fingerprint density at radius 1 is 1.14 bits per heavy atom. The summed E-state index contributed by atoms with van der Waals surface area (Å²) in [5, 5.41) is 0.548. The Balaban J connectivity index is 1.59. The largest absolute Gasteiger partial charge is 0.431 e. The highest BCUT2D eigenvalue weighted by Crippen LogP contribution is 2.24. The molecule has 3 rings (SSSR count). The molecule has 0 aliphatic heterocycles. The standard InChI is InChI=1S/C14H10FN3O2S/c15-9-5-7-10(8-6-9)20-14(19)18-17-13-16-11-3-1-2-4-12(11)21-13/h1-8H,(H,16,17)(H,18,19). The summed E-state index contributed by atoms with van der Waals surface area (Å²) < 4.78 is 18.7. The molecule has 1 heterocycles. The van der Waals surface area contributed by atoms with Crippen LogP contribution in [-0.2, 0) is 0 Å². The summed E-state index contributed by atoms with van der Waals surface area (Å²) >= 11 is 1.41. The summed E-state index contributed by atoms with van der Waals surface area (Å²) in [4.78, 5) is 15.9. The summed E-state index contributed by atoms with van der Waals surface area (Å²) in [7, 11) is 0. The average molecular weight is 303 g/mol. The predicted molar refractivity (Wildman–Crippen MR) is 78.8 cm³/mol. The van der Waals surface area contributed by atoms with E-state index >= 15 is 0 Å². The Morgan fingerprint density at radius 3 is 2.67 bits per heavy atom. The Labute approximate surface area is 123 Å². The quantitative estimate of drug-likeness (QED) is 0.726. The molecule has 0 aliphatic rings. The number of amides is 1. The lowest BCUT2D eigenvalue weighted by atomic mass is 10.3. The van der Waals surface area contributed by atoms with Crippen molar-refractivity contribution < 1.29 is 13.9 Å². The fraction of sp³-hybridized carbons (Fsp3) is 0. The van der Waals surface area contributed by atoms with E-state index < -0.39 is 11.9 Å². The second-order valence-electron chi connectivity index (χ2n) is 4.08. The maximum absolute atomic E-state index is 12.7.